The largest absolute Gasteiger partial charge is 0.341 e. The van der Waals surface area contributed by atoms with Gasteiger partial charge in [0.1, 0.15) is 6.54 Å². The summed E-state index contributed by atoms with van der Waals surface area (Å²) < 4.78 is 1.10. The van der Waals surface area contributed by atoms with Crippen LogP contribution < -0.4 is 11.1 Å². The van der Waals surface area contributed by atoms with Crippen LogP contribution >= 0.6 is 0 Å². The van der Waals surface area contributed by atoms with Gasteiger partial charge in [-0.2, -0.15) is 0 Å². The van der Waals surface area contributed by atoms with E-state index in [4.69, 9.17) is 0 Å². The molecule has 0 unspecified atom stereocenters. The SMILES string of the molecule is O=C(Cn1[nH]c(=O)c2ccccc2c1=O)N1CCCC1. The number of carbonyl (C=O) groups is 1. The lowest BCUT2D eigenvalue weighted by atomic mass is 10.2. The smallest absolute Gasteiger partial charge is 0.273 e. The molecule has 1 aromatic heterocycles. The van der Waals surface area contributed by atoms with Crippen LogP contribution in [0.3, 0.4) is 0 Å². The van der Waals surface area contributed by atoms with E-state index in [1.54, 1.807) is 29.2 Å². The maximum absolute atomic E-state index is 12.3. The van der Waals surface area contributed by atoms with Crippen molar-refractivity contribution < 1.29 is 4.79 Å². The number of hydrogen-bond donors (Lipinski definition) is 1. The summed E-state index contributed by atoms with van der Waals surface area (Å²) in [6.45, 7) is 1.34. The molecule has 0 bridgehead atoms. The van der Waals surface area contributed by atoms with Crippen LogP contribution in [0, 0.1) is 0 Å². The molecule has 1 saturated heterocycles. The van der Waals surface area contributed by atoms with Gasteiger partial charge in [-0.3, -0.25) is 19.5 Å². The van der Waals surface area contributed by atoms with Crippen molar-refractivity contribution in [3.63, 3.8) is 0 Å². The molecule has 1 N–H and O–H groups in total. The molecule has 104 valence electrons. The third kappa shape index (κ3) is 2.13. The minimum atomic E-state index is -0.352. The highest BCUT2D eigenvalue weighted by Crippen LogP contribution is 2.08. The average Bonchev–Trinajstić information content (AvgIpc) is 2.99. The van der Waals surface area contributed by atoms with E-state index in [9.17, 15) is 14.4 Å². The summed E-state index contributed by atoms with van der Waals surface area (Å²) in [5.41, 5.74) is -0.692. The first-order valence-electron chi connectivity index (χ1n) is 6.66. The highest BCUT2D eigenvalue weighted by molar-refractivity contribution is 5.81. The highest BCUT2D eigenvalue weighted by atomic mass is 16.2. The number of hydrogen-bond acceptors (Lipinski definition) is 3. The number of likely N-dealkylation sites (tertiary alicyclic amines) is 1. The summed E-state index contributed by atoms with van der Waals surface area (Å²) >= 11 is 0. The van der Waals surface area contributed by atoms with E-state index in [1.807, 2.05) is 0 Å². The number of aromatic nitrogens is 2. The maximum Gasteiger partial charge on any atom is 0.273 e. The van der Waals surface area contributed by atoms with Gasteiger partial charge in [0, 0.05) is 13.1 Å². The molecule has 1 aliphatic rings. The molecule has 0 radical (unpaired) electrons. The van der Waals surface area contributed by atoms with E-state index < -0.39 is 0 Å². The van der Waals surface area contributed by atoms with E-state index >= 15 is 0 Å². The molecule has 6 nitrogen and oxygen atoms in total. The van der Waals surface area contributed by atoms with Gasteiger partial charge in [-0.05, 0) is 25.0 Å². The third-order valence-corrected chi connectivity index (χ3v) is 3.64. The van der Waals surface area contributed by atoms with E-state index in [1.165, 1.54) is 0 Å². The van der Waals surface area contributed by atoms with Crippen LogP contribution in [0.25, 0.3) is 10.8 Å². The van der Waals surface area contributed by atoms with Crippen LogP contribution in [-0.4, -0.2) is 33.7 Å². The number of H-pyrrole nitrogens is 1. The number of nitrogens with one attached hydrogen (secondary N) is 1. The number of nitrogens with zero attached hydrogens (tertiary/aromatic N) is 2. The Morgan fingerprint density at radius 3 is 2.45 bits per heavy atom. The Morgan fingerprint density at radius 1 is 1.10 bits per heavy atom. The third-order valence-electron chi connectivity index (χ3n) is 3.64. The molecule has 3 rings (SSSR count). The predicted molar refractivity (Wildman–Crippen MR) is 74.6 cm³/mol. The maximum atomic E-state index is 12.3. The normalized spacial score (nSPS) is 14.9. The quantitative estimate of drug-likeness (QED) is 0.855. The summed E-state index contributed by atoms with van der Waals surface area (Å²) in [7, 11) is 0. The Bertz CT molecular complexity index is 769. The predicted octanol–water partition coefficient (Wildman–Crippen LogP) is 0.312. The number of aromatic amines is 1. The molecule has 2 aromatic rings. The molecular formula is C14H15N3O3. The van der Waals surface area contributed by atoms with Gasteiger partial charge >= 0.3 is 0 Å². The molecular weight excluding hydrogens is 258 g/mol. The van der Waals surface area contributed by atoms with E-state index in [0.717, 1.165) is 30.6 Å². The fourth-order valence-corrected chi connectivity index (χ4v) is 2.56. The average molecular weight is 273 g/mol. The second kappa shape index (κ2) is 4.96. The number of amides is 1. The minimum absolute atomic E-state index is 0.112. The van der Waals surface area contributed by atoms with Crippen molar-refractivity contribution in [2.24, 2.45) is 0 Å². The molecule has 2 heterocycles. The van der Waals surface area contributed by atoms with Crippen LogP contribution in [0.1, 0.15) is 12.8 Å². The Hall–Kier alpha value is -2.37. The first kappa shape index (κ1) is 12.7. The summed E-state index contributed by atoms with van der Waals surface area (Å²) in [4.78, 5) is 37.9. The van der Waals surface area contributed by atoms with Crippen LogP contribution in [0.4, 0.5) is 0 Å². The fourth-order valence-electron chi connectivity index (χ4n) is 2.56. The van der Waals surface area contributed by atoms with Gasteiger partial charge in [0.05, 0.1) is 10.8 Å². The molecule has 1 amide bonds. The van der Waals surface area contributed by atoms with Crippen LogP contribution in [-0.2, 0) is 11.3 Å². The molecule has 1 fully saturated rings. The lowest BCUT2D eigenvalue weighted by Crippen LogP contribution is -2.38. The first-order chi connectivity index (χ1) is 9.66. The summed E-state index contributed by atoms with van der Waals surface area (Å²) in [5.74, 6) is -0.129. The van der Waals surface area contributed by atoms with Crippen molar-refractivity contribution in [3.05, 3.63) is 45.0 Å². The summed E-state index contributed by atoms with van der Waals surface area (Å²) in [5, 5.41) is 3.16. The van der Waals surface area contributed by atoms with Gasteiger partial charge in [0.15, 0.2) is 0 Å². The molecule has 0 aliphatic carbocycles. The Kier molecular flexibility index (Phi) is 3.14. The van der Waals surface area contributed by atoms with Gasteiger partial charge in [-0.15, -0.1) is 0 Å². The Labute approximate surface area is 114 Å². The second-order valence-electron chi connectivity index (χ2n) is 4.97. The molecule has 0 spiro atoms. The second-order valence-corrected chi connectivity index (χ2v) is 4.97. The van der Waals surface area contributed by atoms with E-state index in [-0.39, 0.29) is 23.6 Å². The summed E-state index contributed by atoms with van der Waals surface area (Å²) in [6, 6.07) is 6.61. The monoisotopic (exact) mass is 273 g/mol. The van der Waals surface area contributed by atoms with Crippen LogP contribution in [0.15, 0.2) is 33.9 Å². The van der Waals surface area contributed by atoms with Crippen LogP contribution in [0.2, 0.25) is 0 Å². The number of carbonyl (C=O) groups excluding carboxylic acids is 1. The first-order valence-corrected chi connectivity index (χ1v) is 6.66. The highest BCUT2D eigenvalue weighted by Gasteiger charge is 2.19. The van der Waals surface area contributed by atoms with E-state index in [2.05, 4.69) is 5.10 Å². The van der Waals surface area contributed by atoms with E-state index in [0.29, 0.717) is 10.8 Å². The van der Waals surface area contributed by atoms with Gasteiger partial charge in [0.2, 0.25) is 5.91 Å². The zero-order valence-electron chi connectivity index (χ0n) is 11.0. The van der Waals surface area contributed by atoms with Crippen molar-refractivity contribution in [1.82, 2.24) is 14.7 Å². The van der Waals surface area contributed by atoms with Crippen molar-refractivity contribution in [1.29, 1.82) is 0 Å². The van der Waals surface area contributed by atoms with Crippen molar-refractivity contribution in [2.45, 2.75) is 19.4 Å². The van der Waals surface area contributed by atoms with Gasteiger partial charge < -0.3 is 4.90 Å². The van der Waals surface area contributed by atoms with Crippen molar-refractivity contribution >= 4 is 16.7 Å². The summed E-state index contributed by atoms with van der Waals surface area (Å²) in [6.07, 6.45) is 1.99. The van der Waals surface area contributed by atoms with Crippen LogP contribution in [0.5, 0.6) is 0 Å². The standard InChI is InChI=1S/C14H15N3O3/c18-12(16-7-3-4-8-16)9-17-14(20)11-6-2-1-5-10(11)13(19)15-17/h1-2,5-6H,3-4,7-9H2,(H,15,19). The number of fused-ring (bicyclic) bond motifs is 1. The lowest BCUT2D eigenvalue weighted by Gasteiger charge is -2.15. The molecule has 0 atom stereocenters. The molecule has 6 heteroatoms. The topological polar surface area (TPSA) is 75.2 Å². The lowest BCUT2D eigenvalue weighted by molar-refractivity contribution is -0.131. The molecule has 20 heavy (non-hydrogen) atoms. The zero-order valence-corrected chi connectivity index (χ0v) is 11.0. The van der Waals surface area contributed by atoms with Crippen molar-refractivity contribution in [2.75, 3.05) is 13.1 Å². The van der Waals surface area contributed by atoms with Crippen molar-refractivity contribution in [3.8, 4) is 0 Å². The molecule has 0 saturated carbocycles. The Morgan fingerprint density at radius 2 is 1.75 bits per heavy atom. The fraction of sp³-hybridized carbons (Fsp3) is 0.357. The Balaban J connectivity index is 2.00. The number of rotatable bonds is 2. The molecule has 1 aliphatic heterocycles. The van der Waals surface area contributed by atoms with Gasteiger partial charge in [-0.25, -0.2) is 4.68 Å². The zero-order chi connectivity index (χ0) is 14.1. The molecule has 1 aromatic carbocycles. The van der Waals surface area contributed by atoms with Gasteiger partial charge in [-0.1, -0.05) is 12.1 Å². The van der Waals surface area contributed by atoms with Gasteiger partial charge in [0.25, 0.3) is 11.1 Å². The number of benzene rings is 1. The minimum Gasteiger partial charge on any atom is -0.341 e.